The SMILES string of the molecule is CCCC(CNS(=O)(=O)c1ncccc1F)C(=O)O. The Hall–Kier alpha value is -1.54. The van der Waals surface area contributed by atoms with Gasteiger partial charge in [-0.2, -0.15) is 0 Å². The first-order valence-electron chi connectivity index (χ1n) is 5.71. The van der Waals surface area contributed by atoms with Crippen molar-refractivity contribution in [2.45, 2.75) is 24.8 Å². The number of carboxylic acid groups (broad SMARTS) is 1. The van der Waals surface area contributed by atoms with Gasteiger partial charge in [0.05, 0.1) is 5.92 Å². The van der Waals surface area contributed by atoms with Crippen molar-refractivity contribution in [2.24, 2.45) is 5.92 Å². The molecule has 8 heteroatoms. The predicted octanol–water partition coefficient (Wildman–Crippen LogP) is 1.000. The topological polar surface area (TPSA) is 96.4 Å². The van der Waals surface area contributed by atoms with Crippen LogP contribution >= 0.6 is 0 Å². The molecule has 0 fully saturated rings. The zero-order valence-corrected chi connectivity index (χ0v) is 11.2. The predicted molar refractivity (Wildman–Crippen MR) is 65.4 cm³/mol. The van der Waals surface area contributed by atoms with Crippen LogP contribution in [0.3, 0.4) is 0 Å². The smallest absolute Gasteiger partial charge is 0.307 e. The van der Waals surface area contributed by atoms with Gasteiger partial charge in [-0.15, -0.1) is 0 Å². The molecule has 0 saturated heterocycles. The van der Waals surface area contributed by atoms with Crippen LogP contribution < -0.4 is 4.72 Å². The second kappa shape index (κ2) is 6.58. The summed E-state index contributed by atoms with van der Waals surface area (Å²) in [5.41, 5.74) is 0. The highest BCUT2D eigenvalue weighted by molar-refractivity contribution is 7.89. The second-order valence-electron chi connectivity index (χ2n) is 3.97. The molecule has 0 saturated carbocycles. The lowest BCUT2D eigenvalue weighted by molar-refractivity contribution is -0.141. The first-order valence-corrected chi connectivity index (χ1v) is 7.19. The number of nitrogens with zero attached hydrogens (tertiary/aromatic N) is 1. The Morgan fingerprint density at radius 2 is 2.26 bits per heavy atom. The maximum absolute atomic E-state index is 13.3. The molecule has 0 aliphatic carbocycles. The molecule has 1 heterocycles. The van der Waals surface area contributed by atoms with E-state index in [4.69, 9.17) is 5.11 Å². The molecule has 0 radical (unpaired) electrons. The molecule has 0 bridgehead atoms. The van der Waals surface area contributed by atoms with Gasteiger partial charge in [-0.3, -0.25) is 4.79 Å². The number of carbonyl (C=O) groups is 1. The number of nitrogens with one attached hydrogen (secondary N) is 1. The Labute approximate surface area is 110 Å². The fourth-order valence-corrected chi connectivity index (χ4v) is 2.59. The van der Waals surface area contributed by atoms with Crippen molar-refractivity contribution in [1.29, 1.82) is 0 Å². The van der Waals surface area contributed by atoms with Gasteiger partial charge in [0.1, 0.15) is 0 Å². The minimum atomic E-state index is -4.14. The largest absolute Gasteiger partial charge is 0.481 e. The Bertz CT molecular complexity index is 547. The minimum Gasteiger partial charge on any atom is -0.481 e. The molecule has 0 aliphatic heterocycles. The fourth-order valence-electron chi connectivity index (χ4n) is 1.51. The first kappa shape index (κ1) is 15.5. The van der Waals surface area contributed by atoms with Crippen molar-refractivity contribution in [2.75, 3.05) is 6.54 Å². The molecular formula is C11H15FN2O4S. The van der Waals surface area contributed by atoms with Crippen LogP contribution in [-0.2, 0) is 14.8 Å². The third kappa shape index (κ3) is 4.25. The van der Waals surface area contributed by atoms with E-state index in [-0.39, 0.29) is 6.54 Å². The van der Waals surface area contributed by atoms with E-state index in [2.05, 4.69) is 9.71 Å². The third-order valence-electron chi connectivity index (χ3n) is 2.49. The third-order valence-corrected chi connectivity index (χ3v) is 3.84. The lowest BCUT2D eigenvalue weighted by atomic mass is 10.1. The summed E-state index contributed by atoms with van der Waals surface area (Å²) in [6.07, 6.45) is 2.09. The molecular weight excluding hydrogens is 275 g/mol. The zero-order valence-electron chi connectivity index (χ0n) is 10.3. The van der Waals surface area contributed by atoms with E-state index in [1.807, 2.05) is 0 Å². The molecule has 0 spiro atoms. The summed E-state index contributed by atoms with van der Waals surface area (Å²) in [4.78, 5) is 14.3. The van der Waals surface area contributed by atoms with Gasteiger partial charge in [0, 0.05) is 12.7 Å². The van der Waals surface area contributed by atoms with Gasteiger partial charge >= 0.3 is 5.97 Å². The Balaban J connectivity index is 2.81. The summed E-state index contributed by atoms with van der Waals surface area (Å²) >= 11 is 0. The standard InChI is InChI=1S/C11H15FN2O4S/c1-2-4-8(11(15)16)7-14-19(17,18)10-9(12)5-3-6-13-10/h3,5-6,8,14H,2,4,7H2,1H3,(H,15,16). The van der Waals surface area contributed by atoms with Gasteiger partial charge in [-0.05, 0) is 18.6 Å². The number of rotatable bonds is 7. The number of aliphatic carboxylic acids is 1. The summed E-state index contributed by atoms with van der Waals surface area (Å²) < 4.78 is 38.9. The number of carboxylic acids is 1. The van der Waals surface area contributed by atoms with Crippen LogP contribution in [0, 0.1) is 11.7 Å². The second-order valence-corrected chi connectivity index (χ2v) is 5.65. The van der Waals surface area contributed by atoms with E-state index >= 15 is 0 Å². The quantitative estimate of drug-likeness (QED) is 0.781. The number of hydrogen-bond acceptors (Lipinski definition) is 4. The normalized spacial score (nSPS) is 13.2. The van der Waals surface area contributed by atoms with Crippen molar-refractivity contribution in [3.63, 3.8) is 0 Å². The lowest BCUT2D eigenvalue weighted by Crippen LogP contribution is -2.33. The number of hydrogen-bond donors (Lipinski definition) is 2. The molecule has 1 aromatic rings. The summed E-state index contributed by atoms with van der Waals surface area (Å²) in [7, 11) is -4.14. The molecule has 1 unspecified atom stereocenters. The zero-order chi connectivity index (χ0) is 14.5. The summed E-state index contributed by atoms with van der Waals surface area (Å²) in [6, 6.07) is 2.24. The van der Waals surface area contributed by atoms with Crippen LogP contribution in [0.4, 0.5) is 4.39 Å². The van der Waals surface area contributed by atoms with Crippen LogP contribution in [0.15, 0.2) is 23.4 Å². The minimum absolute atomic E-state index is 0.290. The van der Waals surface area contributed by atoms with Gasteiger partial charge in [-0.25, -0.2) is 22.5 Å². The van der Waals surface area contributed by atoms with Gasteiger partial charge in [-0.1, -0.05) is 13.3 Å². The summed E-state index contributed by atoms with van der Waals surface area (Å²) in [5.74, 6) is -2.91. The molecule has 0 amide bonds. The molecule has 1 atom stereocenters. The first-order chi connectivity index (χ1) is 8.88. The van der Waals surface area contributed by atoms with E-state index in [1.165, 1.54) is 6.07 Å². The maximum atomic E-state index is 13.3. The molecule has 0 aliphatic rings. The molecule has 106 valence electrons. The van der Waals surface area contributed by atoms with E-state index in [0.29, 0.717) is 12.8 Å². The maximum Gasteiger partial charge on any atom is 0.307 e. The molecule has 6 nitrogen and oxygen atoms in total. The number of halogens is 1. The Morgan fingerprint density at radius 3 is 2.79 bits per heavy atom. The van der Waals surface area contributed by atoms with Crippen molar-refractivity contribution >= 4 is 16.0 Å². The Kier molecular flexibility index (Phi) is 5.37. The molecule has 0 aromatic carbocycles. The fraction of sp³-hybridized carbons (Fsp3) is 0.455. The monoisotopic (exact) mass is 290 g/mol. The van der Waals surface area contributed by atoms with Gasteiger partial charge < -0.3 is 5.11 Å². The summed E-state index contributed by atoms with van der Waals surface area (Å²) in [6.45, 7) is 1.50. The molecule has 1 rings (SSSR count). The highest BCUT2D eigenvalue weighted by Gasteiger charge is 2.24. The van der Waals surface area contributed by atoms with E-state index in [0.717, 1.165) is 12.3 Å². The van der Waals surface area contributed by atoms with Crippen LogP contribution in [-0.4, -0.2) is 31.0 Å². The number of aromatic nitrogens is 1. The Morgan fingerprint density at radius 1 is 1.58 bits per heavy atom. The lowest BCUT2D eigenvalue weighted by Gasteiger charge is -2.12. The molecule has 2 N–H and O–H groups in total. The van der Waals surface area contributed by atoms with Crippen LogP contribution in [0.1, 0.15) is 19.8 Å². The van der Waals surface area contributed by atoms with Crippen molar-refractivity contribution in [1.82, 2.24) is 9.71 Å². The van der Waals surface area contributed by atoms with Crippen LogP contribution in [0.2, 0.25) is 0 Å². The number of sulfonamides is 1. The van der Waals surface area contributed by atoms with Gasteiger partial charge in [0.15, 0.2) is 5.82 Å². The van der Waals surface area contributed by atoms with Crippen molar-refractivity contribution < 1.29 is 22.7 Å². The highest BCUT2D eigenvalue weighted by Crippen LogP contribution is 2.11. The van der Waals surface area contributed by atoms with Crippen molar-refractivity contribution in [3.8, 4) is 0 Å². The molecule has 19 heavy (non-hydrogen) atoms. The highest BCUT2D eigenvalue weighted by atomic mass is 32.2. The molecule has 1 aromatic heterocycles. The van der Waals surface area contributed by atoms with Gasteiger partial charge in [0.2, 0.25) is 5.03 Å². The number of pyridine rings is 1. The van der Waals surface area contributed by atoms with Crippen LogP contribution in [0.25, 0.3) is 0 Å². The van der Waals surface area contributed by atoms with E-state index < -0.39 is 32.8 Å². The van der Waals surface area contributed by atoms with E-state index in [9.17, 15) is 17.6 Å². The van der Waals surface area contributed by atoms with Crippen LogP contribution in [0.5, 0.6) is 0 Å². The average molecular weight is 290 g/mol. The van der Waals surface area contributed by atoms with Crippen molar-refractivity contribution in [3.05, 3.63) is 24.1 Å². The van der Waals surface area contributed by atoms with E-state index in [1.54, 1.807) is 6.92 Å². The summed E-state index contributed by atoms with van der Waals surface area (Å²) in [5, 5.41) is 8.18. The average Bonchev–Trinajstić information content (AvgIpc) is 2.34. The van der Waals surface area contributed by atoms with Gasteiger partial charge in [0.25, 0.3) is 10.0 Å².